The number of benzene rings is 1. The van der Waals surface area contributed by atoms with Crippen LogP contribution in [-0.2, 0) is 0 Å². The van der Waals surface area contributed by atoms with Gasteiger partial charge in [0.15, 0.2) is 5.01 Å². The first-order chi connectivity index (χ1) is 12.4. The third kappa shape index (κ3) is 3.64. The van der Waals surface area contributed by atoms with E-state index in [1.807, 2.05) is 0 Å². The molecule has 130 valence electrons. The monoisotopic (exact) mass is 372 g/mol. The van der Waals surface area contributed by atoms with Crippen molar-refractivity contribution >= 4 is 33.8 Å². The average Bonchev–Trinajstić information content (AvgIpc) is 3.10. The van der Waals surface area contributed by atoms with E-state index in [1.165, 1.54) is 0 Å². The first-order valence-electron chi connectivity index (χ1n) is 6.94. The van der Waals surface area contributed by atoms with Crippen molar-refractivity contribution in [3.63, 3.8) is 0 Å². The lowest BCUT2D eigenvalue weighted by molar-refractivity contribution is -0.394. The minimum Gasteiger partial charge on any atom is -0.296 e. The van der Waals surface area contributed by atoms with Crippen LogP contribution in [0, 0.1) is 20.2 Å². The van der Waals surface area contributed by atoms with Crippen LogP contribution in [0.1, 0.15) is 10.4 Å². The first-order valence-corrected chi connectivity index (χ1v) is 7.76. The molecule has 0 aliphatic heterocycles. The molecular weight excluding hydrogens is 364 g/mol. The number of nitro benzene ring substituents is 2. The molecule has 3 aromatic rings. The van der Waals surface area contributed by atoms with E-state index in [0.29, 0.717) is 10.7 Å². The summed E-state index contributed by atoms with van der Waals surface area (Å²) in [5.74, 6) is -0.777. The highest BCUT2D eigenvalue weighted by molar-refractivity contribution is 7.18. The summed E-state index contributed by atoms with van der Waals surface area (Å²) in [4.78, 5) is 36.5. The summed E-state index contributed by atoms with van der Waals surface area (Å²) in [5, 5.41) is 32.5. The number of nitrogens with zero attached hydrogens (tertiary/aromatic N) is 5. The predicted molar refractivity (Wildman–Crippen MR) is 90.8 cm³/mol. The largest absolute Gasteiger partial charge is 0.296 e. The number of aromatic nitrogens is 3. The molecule has 12 heteroatoms. The highest BCUT2D eigenvalue weighted by Gasteiger charge is 2.21. The SMILES string of the molecule is O=C(Nc1nnc(-c2ccccn2)s1)c1cc([N+](=O)[O-])cc([N+](=O)[O-])c1. The molecule has 2 aromatic heterocycles. The minimum absolute atomic E-state index is 0.129. The summed E-state index contributed by atoms with van der Waals surface area (Å²) < 4.78 is 0. The fraction of sp³-hybridized carbons (Fsp3) is 0. The quantitative estimate of drug-likeness (QED) is 0.529. The molecule has 0 atom stereocenters. The fourth-order valence-corrected chi connectivity index (χ4v) is 2.69. The molecule has 1 aromatic carbocycles. The van der Waals surface area contributed by atoms with Crippen LogP contribution < -0.4 is 5.32 Å². The number of amides is 1. The Morgan fingerprint density at radius 2 is 1.73 bits per heavy atom. The number of nitrogens with one attached hydrogen (secondary N) is 1. The number of pyridine rings is 1. The van der Waals surface area contributed by atoms with Gasteiger partial charge < -0.3 is 0 Å². The Morgan fingerprint density at radius 3 is 2.31 bits per heavy atom. The van der Waals surface area contributed by atoms with Crippen molar-refractivity contribution in [2.45, 2.75) is 0 Å². The van der Waals surface area contributed by atoms with Gasteiger partial charge in [-0.2, -0.15) is 0 Å². The number of carbonyl (C=O) groups is 1. The van der Waals surface area contributed by atoms with Crippen LogP contribution >= 0.6 is 11.3 Å². The Balaban J connectivity index is 1.85. The van der Waals surface area contributed by atoms with Gasteiger partial charge in [-0.1, -0.05) is 17.4 Å². The van der Waals surface area contributed by atoms with Gasteiger partial charge in [0.2, 0.25) is 5.13 Å². The molecule has 26 heavy (non-hydrogen) atoms. The number of carbonyl (C=O) groups excluding carboxylic acids is 1. The van der Waals surface area contributed by atoms with Crippen molar-refractivity contribution in [3.8, 4) is 10.7 Å². The zero-order chi connectivity index (χ0) is 18.7. The van der Waals surface area contributed by atoms with Crippen molar-refractivity contribution < 1.29 is 14.6 Å². The van der Waals surface area contributed by atoms with E-state index < -0.39 is 27.1 Å². The van der Waals surface area contributed by atoms with Crippen molar-refractivity contribution in [1.29, 1.82) is 0 Å². The third-order valence-corrected chi connectivity index (χ3v) is 3.98. The Kier molecular flexibility index (Phi) is 4.57. The highest BCUT2D eigenvalue weighted by atomic mass is 32.1. The molecule has 0 radical (unpaired) electrons. The molecular formula is C14H8N6O5S. The number of rotatable bonds is 5. The van der Waals surface area contributed by atoms with Crippen molar-refractivity contribution in [3.05, 3.63) is 68.4 Å². The molecule has 0 aliphatic carbocycles. The molecule has 1 N–H and O–H groups in total. The molecule has 3 rings (SSSR count). The van der Waals surface area contributed by atoms with E-state index >= 15 is 0 Å². The second-order valence-corrected chi connectivity index (χ2v) is 5.81. The first kappa shape index (κ1) is 17.0. The minimum atomic E-state index is -0.812. The molecule has 0 saturated carbocycles. The third-order valence-electron chi connectivity index (χ3n) is 3.12. The summed E-state index contributed by atoms with van der Waals surface area (Å²) in [6, 6.07) is 7.90. The predicted octanol–water partition coefficient (Wildman–Crippen LogP) is 2.67. The lowest BCUT2D eigenvalue weighted by atomic mass is 10.1. The topological polar surface area (TPSA) is 154 Å². The molecule has 0 aliphatic rings. The molecule has 11 nitrogen and oxygen atoms in total. The summed E-state index contributed by atoms with van der Waals surface area (Å²) >= 11 is 1.05. The summed E-state index contributed by atoms with van der Waals surface area (Å²) in [7, 11) is 0. The van der Waals surface area contributed by atoms with Crippen LogP contribution in [0.3, 0.4) is 0 Å². The van der Waals surface area contributed by atoms with Crippen LogP contribution in [0.5, 0.6) is 0 Å². The summed E-state index contributed by atoms with van der Waals surface area (Å²) in [5.41, 5.74) is -0.788. The van der Waals surface area contributed by atoms with E-state index in [2.05, 4.69) is 20.5 Å². The van der Waals surface area contributed by atoms with Gasteiger partial charge in [0.25, 0.3) is 17.3 Å². The van der Waals surface area contributed by atoms with Crippen molar-refractivity contribution in [2.75, 3.05) is 5.32 Å². The van der Waals surface area contributed by atoms with Gasteiger partial charge in [-0.15, -0.1) is 10.2 Å². The van der Waals surface area contributed by atoms with Crippen LogP contribution in [0.15, 0.2) is 42.6 Å². The maximum absolute atomic E-state index is 12.3. The average molecular weight is 372 g/mol. The lowest BCUT2D eigenvalue weighted by Gasteiger charge is -2.01. The number of anilines is 1. The number of nitro groups is 2. The van der Waals surface area contributed by atoms with E-state index in [4.69, 9.17) is 0 Å². The molecule has 0 bridgehead atoms. The number of hydrogen-bond donors (Lipinski definition) is 1. The van der Waals surface area contributed by atoms with Crippen LogP contribution in [0.2, 0.25) is 0 Å². The van der Waals surface area contributed by atoms with Gasteiger partial charge in [0, 0.05) is 18.3 Å². The summed E-state index contributed by atoms with van der Waals surface area (Å²) in [6.07, 6.45) is 1.58. The normalized spacial score (nSPS) is 10.3. The smallest absolute Gasteiger partial charge is 0.277 e. The Bertz CT molecular complexity index is 974. The van der Waals surface area contributed by atoms with Crippen molar-refractivity contribution in [2.24, 2.45) is 0 Å². The van der Waals surface area contributed by atoms with Gasteiger partial charge in [0.05, 0.1) is 21.5 Å². The molecule has 0 spiro atoms. The maximum atomic E-state index is 12.3. The van der Waals surface area contributed by atoms with Crippen LogP contribution in [0.25, 0.3) is 10.7 Å². The van der Waals surface area contributed by atoms with Gasteiger partial charge in [-0.3, -0.25) is 35.3 Å². The Labute approximate surface area is 148 Å². The molecule has 0 fully saturated rings. The fourth-order valence-electron chi connectivity index (χ4n) is 1.97. The number of hydrogen-bond acceptors (Lipinski definition) is 9. The number of non-ortho nitro benzene ring substituents is 2. The molecule has 2 heterocycles. The van der Waals surface area contributed by atoms with Crippen molar-refractivity contribution in [1.82, 2.24) is 15.2 Å². The standard InChI is InChI=1S/C14H8N6O5S/c21-12(8-5-9(19(22)23)7-10(6-8)20(24)25)16-14-18-17-13(26-14)11-3-1-2-4-15-11/h1-7H,(H,16,18,21). The van der Waals surface area contributed by atoms with Gasteiger partial charge in [-0.05, 0) is 12.1 Å². The van der Waals surface area contributed by atoms with E-state index in [-0.39, 0.29) is 10.7 Å². The van der Waals surface area contributed by atoms with Crippen LogP contribution in [0.4, 0.5) is 16.5 Å². The molecule has 0 saturated heterocycles. The van der Waals surface area contributed by atoms with Gasteiger partial charge in [0.1, 0.15) is 5.69 Å². The molecule has 0 unspecified atom stereocenters. The lowest BCUT2D eigenvalue weighted by Crippen LogP contribution is -2.12. The highest BCUT2D eigenvalue weighted by Crippen LogP contribution is 2.26. The van der Waals surface area contributed by atoms with E-state index in [1.54, 1.807) is 24.4 Å². The molecule has 1 amide bonds. The summed E-state index contributed by atoms with van der Waals surface area (Å²) in [6.45, 7) is 0. The van der Waals surface area contributed by atoms with Gasteiger partial charge in [-0.25, -0.2) is 0 Å². The second-order valence-electron chi connectivity index (χ2n) is 4.83. The Morgan fingerprint density at radius 1 is 1.04 bits per heavy atom. The zero-order valence-corrected chi connectivity index (χ0v) is 13.5. The van der Waals surface area contributed by atoms with Gasteiger partial charge >= 0.3 is 0 Å². The maximum Gasteiger partial charge on any atom is 0.277 e. The zero-order valence-electron chi connectivity index (χ0n) is 12.7. The van der Waals surface area contributed by atoms with Crippen LogP contribution in [-0.4, -0.2) is 30.9 Å². The Hall–Kier alpha value is -3.80. The van der Waals surface area contributed by atoms with E-state index in [9.17, 15) is 25.0 Å². The van der Waals surface area contributed by atoms with E-state index in [0.717, 1.165) is 29.5 Å². The second kappa shape index (κ2) is 6.98.